The summed E-state index contributed by atoms with van der Waals surface area (Å²) in [6.45, 7) is 4.45. The zero-order valence-electron chi connectivity index (χ0n) is 14.0. The predicted molar refractivity (Wildman–Crippen MR) is 85.2 cm³/mol. The molecule has 0 fully saturated rings. The van der Waals surface area contributed by atoms with Crippen molar-refractivity contribution in [1.82, 2.24) is 5.32 Å². The summed E-state index contributed by atoms with van der Waals surface area (Å²) in [7, 11) is 0. The highest BCUT2D eigenvalue weighted by Crippen LogP contribution is 2.29. The molecule has 0 aliphatic rings. The quantitative estimate of drug-likeness (QED) is 0.718. The molecule has 0 unspecified atom stereocenters. The number of benzene rings is 1. The van der Waals surface area contributed by atoms with Gasteiger partial charge < -0.3 is 14.8 Å². The van der Waals surface area contributed by atoms with Crippen LogP contribution in [0.2, 0.25) is 0 Å². The average molecular weight is 362 g/mol. The van der Waals surface area contributed by atoms with Crippen LogP contribution in [0.1, 0.15) is 25.8 Å². The summed E-state index contributed by atoms with van der Waals surface area (Å²) in [5, 5.41) is 4.81. The monoisotopic (exact) mass is 362 g/mol. The fraction of sp³-hybridized carbons (Fsp3) is 0.500. The Hall–Kier alpha value is -2.45. The van der Waals surface area contributed by atoms with Crippen LogP contribution in [-0.4, -0.2) is 31.9 Å². The first-order valence-electron chi connectivity index (χ1n) is 7.70. The molecule has 0 atom stereocenters. The molecule has 2 N–H and O–H groups in total. The van der Waals surface area contributed by atoms with Gasteiger partial charge in [0.25, 0.3) is 0 Å². The van der Waals surface area contributed by atoms with E-state index in [0.29, 0.717) is 13.0 Å². The molecule has 0 heterocycles. The summed E-state index contributed by atoms with van der Waals surface area (Å²) in [4.78, 5) is 22.8. The Morgan fingerprint density at radius 3 is 2.28 bits per heavy atom. The smallest absolute Gasteiger partial charge is 0.416 e. The van der Waals surface area contributed by atoms with E-state index in [-0.39, 0.29) is 24.8 Å². The number of carbonyl (C=O) groups excluding carboxylic acids is 2. The number of rotatable bonds is 7. The molecule has 1 rings (SSSR count). The van der Waals surface area contributed by atoms with Crippen LogP contribution in [0.5, 0.6) is 0 Å². The van der Waals surface area contributed by atoms with E-state index in [1.54, 1.807) is 0 Å². The van der Waals surface area contributed by atoms with Crippen molar-refractivity contribution in [3.8, 4) is 0 Å². The lowest BCUT2D eigenvalue weighted by molar-refractivity contribution is -0.137. The number of hydrogen-bond donors (Lipinski definition) is 2. The van der Waals surface area contributed by atoms with Crippen molar-refractivity contribution in [3.63, 3.8) is 0 Å². The van der Waals surface area contributed by atoms with Gasteiger partial charge in [-0.15, -0.1) is 0 Å². The van der Waals surface area contributed by atoms with Gasteiger partial charge in [0.05, 0.1) is 18.8 Å². The number of carbonyl (C=O) groups is 2. The number of hydrogen-bond acceptors (Lipinski definition) is 4. The predicted octanol–water partition coefficient (Wildman–Crippen LogP) is 4.03. The van der Waals surface area contributed by atoms with Crippen LogP contribution in [0.25, 0.3) is 0 Å². The number of amides is 2. The van der Waals surface area contributed by atoms with E-state index >= 15 is 0 Å². The Labute approximate surface area is 143 Å². The molecule has 0 saturated carbocycles. The van der Waals surface area contributed by atoms with Gasteiger partial charge in [-0.25, -0.2) is 9.59 Å². The Morgan fingerprint density at radius 2 is 1.72 bits per heavy atom. The van der Waals surface area contributed by atoms with Crippen LogP contribution < -0.4 is 10.6 Å². The van der Waals surface area contributed by atoms with E-state index in [4.69, 9.17) is 9.47 Å². The fourth-order valence-corrected chi connectivity index (χ4v) is 1.62. The van der Waals surface area contributed by atoms with Gasteiger partial charge in [-0.1, -0.05) is 13.8 Å². The fourth-order valence-electron chi connectivity index (χ4n) is 1.62. The molecular weight excluding hydrogens is 341 g/mol. The minimum atomic E-state index is -4.43. The molecule has 140 valence electrons. The number of ether oxygens (including phenoxy) is 2. The van der Waals surface area contributed by atoms with Crippen molar-refractivity contribution in [1.29, 1.82) is 0 Å². The van der Waals surface area contributed by atoms with Gasteiger partial charge in [-0.2, -0.15) is 13.2 Å². The number of halogens is 3. The first-order valence-corrected chi connectivity index (χ1v) is 7.70. The SMILES string of the molecule is CC(C)COC(=O)NCCCOC(=O)Nc1ccc(C(F)(F)F)cc1. The molecule has 0 aliphatic heterocycles. The first-order chi connectivity index (χ1) is 11.7. The molecule has 1 aromatic rings. The van der Waals surface area contributed by atoms with Gasteiger partial charge in [0, 0.05) is 12.2 Å². The van der Waals surface area contributed by atoms with Crippen molar-refractivity contribution < 1.29 is 32.2 Å². The van der Waals surface area contributed by atoms with Gasteiger partial charge in [0.2, 0.25) is 0 Å². The van der Waals surface area contributed by atoms with Crippen LogP contribution in [0, 0.1) is 5.92 Å². The van der Waals surface area contributed by atoms with Crippen LogP contribution in [-0.2, 0) is 15.7 Å². The molecule has 0 aromatic heterocycles. The van der Waals surface area contributed by atoms with E-state index in [9.17, 15) is 22.8 Å². The van der Waals surface area contributed by atoms with Gasteiger partial charge in [0.15, 0.2) is 0 Å². The maximum Gasteiger partial charge on any atom is 0.416 e. The molecular formula is C16H21F3N2O4. The first kappa shape index (κ1) is 20.6. The lowest BCUT2D eigenvalue weighted by Crippen LogP contribution is -2.27. The molecule has 0 spiro atoms. The lowest BCUT2D eigenvalue weighted by Gasteiger charge is -2.10. The molecule has 6 nitrogen and oxygen atoms in total. The summed E-state index contributed by atoms with van der Waals surface area (Å²) < 4.78 is 47.0. The second kappa shape index (κ2) is 9.75. The van der Waals surface area contributed by atoms with Crippen LogP contribution >= 0.6 is 0 Å². The van der Waals surface area contributed by atoms with E-state index < -0.39 is 23.9 Å². The second-order valence-corrected chi connectivity index (χ2v) is 5.61. The van der Waals surface area contributed by atoms with E-state index in [0.717, 1.165) is 24.3 Å². The maximum absolute atomic E-state index is 12.4. The zero-order valence-corrected chi connectivity index (χ0v) is 14.0. The summed E-state index contributed by atoms with van der Waals surface area (Å²) in [5.74, 6) is 0.239. The summed E-state index contributed by atoms with van der Waals surface area (Å²) in [6.07, 6.45) is -5.38. The second-order valence-electron chi connectivity index (χ2n) is 5.61. The van der Waals surface area contributed by atoms with Crippen LogP contribution in [0.3, 0.4) is 0 Å². The highest BCUT2D eigenvalue weighted by molar-refractivity contribution is 5.84. The van der Waals surface area contributed by atoms with Crippen molar-refractivity contribution in [2.75, 3.05) is 25.1 Å². The molecule has 0 aliphatic carbocycles. The van der Waals surface area contributed by atoms with Gasteiger partial charge in [-0.3, -0.25) is 5.32 Å². The topological polar surface area (TPSA) is 76.7 Å². The molecule has 0 saturated heterocycles. The van der Waals surface area contributed by atoms with Gasteiger partial charge in [0.1, 0.15) is 0 Å². The summed E-state index contributed by atoms with van der Waals surface area (Å²) in [6, 6.07) is 4.00. The summed E-state index contributed by atoms with van der Waals surface area (Å²) in [5.41, 5.74) is -0.616. The van der Waals surface area contributed by atoms with Crippen molar-refractivity contribution in [3.05, 3.63) is 29.8 Å². The van der Waals surface area contributed by atoms with Crippen molar-refractivity contribution in [2.24, 2.45) is 5.92 Å². The minimum Gasteiger partial charge on any atom is -0.449 e. The maximum atomic E-state index is 12.4. The zero-order chi connectivity index (χ0) is 18.9. The molecule has 0 bridgehead atoms. The molecule has 2 amide bonds. The molecule has 9 heteroatoms. The van der Waals surface area contributed by atoms with Crippen molar-refractivity contribution >= 4 is 17.9 Å². The highest BCUT2D eigenvalue weighted by Gasteiger charge is 2.29. The molecule has 0 radical (unpaired) electrons. The van der Waals surface area contributed by atoms with E-state index in [1.807, 2.05) is 13.8 Å². The van der Waals surface area contributed by atoms with E-state index in [2.05, 4.69) is 10.6 Å². The van der Waals surface area contributed by atoms with Gasteiger partial charge >= 0.3 is 18.4 Å². The normalized spacial score (nSPS) is 11.1. The van der Waals surface area contributed by atoms with Gasteiger partial charge in [-0.05, 0) is 36.6 Å². The standard InChI is InChI=1S/C16H21F3N2O4/c1-11(2)10-25-14(22)20-8-3-9-24-15(23)21-13-6-4-12(5-7-13)16(17,18)19/h4-7,11H,3,8-10H2,1-2H3,(H,20,22)(H,21,23). The Balaban J connectivity index is 2.20. The van der Waals surface area contributed by atoms with Crippen molar-refractivity contribution in [2.45, 2.75) is 26.4 Å². The Bertz CT molecular complexity index is 559. The van der Waals surface area contributed by atoms with E-state index in [1.165, 1.54) is 0 Å². The number of anilines is 1. The summed E-state index contributed by atoms with van der Waals surface area (Å²) >= 11 is 0. The Kier molecular flexibility index (Phi) is 8.03. The number of nitrogens with one attached hydrogen (secondary N) is 2. The third-order valence-corrected chi connectivity index (χ3v) is 2.83. The lowest BCUT2D eigenvalue weighted by atomic mass is 10.2. The largest absolute Gasteiger partial charge is 0.449 e. The number of alkyl halides is 3. The number of alkyl carbamates (subject to hydrolysis) is 1. The van der Waals surface area contributed by atoms with Crippen LogP contribution in [0.15, 0.2) is 24.3 Å². The third-order valence-electron chi connectivity index (χ3n) is 2.83. The van der Waals surface area contributed by atoms with Crippen LogP contribution in [0.4, 0.5) is 28.4 Å². The third kappa shape index (κ3) is 8.83. The average Bonchev–Trinajstić information content (AvgIpc) is 2.52. The molecule has 1 aromatic carbocycles. The molecule has 25 heavy (non-hydrogen) atoms. The Morgan fingerprint density at radius 1 is 1.08 bits per heavy atom. The minimum absolute atomic E-state index is 0.0386. The highest BCUT2D eigenvalue weighted by atomic mass is 19.4.